The minimum absolute atomic E-state index is 0.0521. The highest BCUT2D eigenvalue weighted by atomic mass is 16.2. The molecular weight excluding hydrogens is 276 g/mol. The molecule has 120 valence electrons. The number of amides is 2. The molecule has 0 bridgehead atoms. The highest BCUT2D eigenvalue weighted by Crippen LogP contribution is 2.12. The van der Waals surface area contributed by atoms with Gasteiger partial charge in [-0.1, -0.05) is 42.7 Å². The molecule has 2 rings (SSSR count). The van der Waals surface area contributed by atoms with E-state index in [4.69, 9.17) is 0 Å². The van der Waals surface area contributed by atoms with E-state index >= 15 is 0 Å². The van der Waals surface area contributed by atoms with E-state index in [0.717, 1.165) is 31.5 Å². The van der Waals surface area contributed by atoms with Crippen LogP contribution in [0, 0.1) is 6.92 Å². The zero-order valence-corrected chi connectivity index (χ0v) is 13.7. The van der Waals surface area contributed by atoms with Gasteiger partial charge in [-0.25, -0.2) is 0 Å². The van der Waals surface area contributed by atoms with Crippen molar-refractivity contribution in [3.8, 4) is 0 Å². The van der Waals surface area contributed by atoms with E-state index < -0.39 is 0 Å². The van der Waals surface area contributed by atoms with Crippen molar-refractivity contribution in [1.29, 1.82) is 0 Å². The maximum atomic E-state index is 12.4. The molecule has 0 spiro atoms. The lowest BCUT2D eigenvalue weighted by molar-refractivity contribution is -0.139. The Morgan fingerprint density at radius 2 is 1.64 bits per heavy atom. The number of carbonyl (C=O) groups excluding carboxylic acids is 2. The Balaban J connectivity index is 1.97. The zero-order chi connectivity index (χ0) is 15.9. The minimum Gasteiger partial charge on any atom is -0.341 e. The van der Waals surface area contributed by atoms with Crippen molar-refractivity contribution in [2.45, 2.75) is 46.1 Å². The van der Waals surface area contributed by atoms with E-state index in [2.05, 4.69) is 0 Å². The quantitative estimate of drug-likeness (QED) is 0.858. The molecule has 0 N–H and O–H groups in total. The van der Waals surface area contributed by atoms with Crippen LogP contribution in [-0.2, 0) is 16.1 Å². The van der Waals surface area contributed by atoms with E-state index in [9.17, 15) is 9.59 Å². The Labute approximate surface area is 133 Å². The van der Waals surface area contributed by atoms with Crippen LogP contribution in [0.2, 0.25) is 0 Å². The van der Waals surface area contributed by atoms with Crippen molar-refractivity contribution in [3.05, 3.63) is 35.4 Å². The molecule has 1 aliphatic rings. The van der Waals surface area contributed by atoms with Gasteiger partial charge in [0, 0.05) is 26.6 Å². The van der Waals surface area contributed by atoms with Crippen LogP contribution in [0.1, 0.15) is 43.7 Å². The molecule has 1 aromatic rings. The Morgan fingerprint density at radius 1 is 1.05 bits per heavy atom. The van der Waals surface area contributed by atoms with Gasteiger partial charge < -0.3 is 9.80 Å². The van der Waals surface area contributed by atoms with Gasteiger partial charge >= 0.3 is 0 Å². The maximum absolute atomic E-state index is 12.4. The Hall–Kier alpha value is -1.84. The van der Waals surface area contributed by atoms with Crippen LogP contribution in [0.5, 0.6) is 0 Å². The number of aryl methyl sites for hydroxylation is 1. The van der Waals surface area contributed by atoms with Gasteiger partial charge in [0.15, 0.2) is 0 Å². The van der Waals surface area contributed by atoms with Crippen LogP contribution in [0.25, 0.3) is 0 Å². The Kier molecular flexibility index (Phi) is 5.99. The first-order chi connectivity index (χ1) is 10.6. The predicted molar refractivity (Wildman–Crippen MR) is 87.3 cm³/mol. The summed E-state index contributed by atoms with van der Waals surface area (Å²) in [4.78, 5) is 27.9. The first-order valence-corrected chi connectivity index (χ1v) is 8.15. The molecule has 0 atom stereocenters. The lowest BCUT2D eigenvalue weighted by atomic mass is 10.1. The number of benzene rings is 1. The second kappa shape index (κ2) is 7.97. The zero-order valence-electron chi connectivity index (χ0n) is 13.7. The summed E-state index contributed by atoms with van der Waals surface area (Å²) in [6, 6.07) is 8.10. The van der Waals surface area contributed by atoms with Gasteiger partial charge in [0.25, 0.3) is 0 Å². The fourth-order valence-corrected chi connectivity index (χ4v) is 2.78. The molecule has 4 nitrogen and oxygen atoms in total. The van der Waals surface area contributed by atoms with Gasteiger partial charge in [-0.15, -0.1) is 0 Å². The van der Waals surface area contributed by atoms with Crippen LogP contribution in [0.3, 0.4) is 0 Å². The highest BCUT2D eigenvalue weighted by Gasteiger charge is 2.20. The molecule has 0 unspecified atom stereocenters. The molecule has 0 radical (unpaired) electrons. The Bertz CT molecular complexity index is 502. The third kappa shape index (κ3) is 4.86. The van der Waals surface area contributed by atoms with Crippen LogP contribution in [-0.4, -0.2) is 41.2 Å². The summed E-state index contributed by atoms with van der Waals surface area (Å²) in [5.41, 5.74) is 2.25. The van der Waals surface area contributed by atoms with Gasteiger partial charge in [0.1, 0.15) is 6.54 Å². The Morgan fingerprint density at radius 3 is 2.18 bits per heavy atom. The predicted octanol–water partition coefficient (Wildman–Crippen LogP) is 2.75. The van der Waals surface area contributed by atoms with E-state index in [0.29, 0.717) is 6.54 Å². The topological polar surface area (TPSA) is 40.6 Å². The largest absolute Gasteiger partial charge is 0.341 e. The molecule has 1 aliphatic heterocycles. The molecule has 22 heavy (non-hydrogen) atoms. The number of likely N-dealkylation sites (tertiary alicyclic amines) is 1. The summed E-state index contributed by atoms with van der Waals surface area (Å²) in [6.07, 6.45) is 4.54. The lowest BCUT2D eigenvalue weighted by Crippen LogP contribution is -2.42. The fourth-order valence-electron chi connectivity index (χ4n) is 2.78. The minimum atomic E-state index is -0.0521. The van der Waals surface area contributed by atoms with Crippen LogP contribution < -0.4 is 0 Å². The second-order valence-corrected chi connectivity index (χ2v) is 6.16. The van der Waals surface area contributed by atoms with E-state index in [1.165, 1.54) is 25.3 Å². The first-order valence-electron chi connectivity index (χ1n) is 8.15. The maximum Gasteiger partial charge on any atom is 0.242 e. The molecule has 1 aromatic carbocycles. The molecule has 1 saturated heterocycles. The number of carbonyl (C=O) groups is 2. The van der Waals surface area contributed by atoms with Crippen LogP contribution in [0.15, 0.2) is 24.3 Å². The van der Waals surface area contributed by atoms with Crippen molar-refractivity contribution in [2.75, 3.05) is 19.6 Å². The number of rotatable bonds is 4. The van der Waals surface area contributed by atoms with E-state index in [1.807, 2.05) is 36.1 Å². The van der Waals surface area contributed by atoms with E-state index in [-0.39, 0.29) is 18.4 Å². The summed E-state index contributed by atoms with van der Waals surface area (Å²) >= 11 is 0. The van der Waals surface area contributed by atoms with Crippen LogP contribution in [0.4, 0.5) is 0 Å². The first kappa shape index (κ1) is 16.5. The molecule has 0 saturated carbocycles. The summed E-state index contributed by atoms with van der Waals surface area (Å²) in [6.45, 7) is 5.90. The molecular formula is C18H26N2O2. The standard InChI is InChI=1S/C18H26N2O2/c1-15-7-9-17(10-8-15)13-20(16(2)21)14-18(22)19-11-5-3-4-6-12-19/h7-10H,3-6,11-14H2,1-2H3. The molecule has 4 heteroatoms. The van der Waals surface area contributed by atoms with Gasteiger partial charge in [0.2, 0.25) is 11.8 Å². The number of hydrogen-bond donors (Lipinski definition) is 0. The van der Waals surface area contributed by atoms with Crippen molar-refractivity contribution >= 4 is 11.8 Å². The van der Waals surface area contributed by atoms with Crippen molar-refractivity contribution in [3.63, 3.8) is 0 Å². The summed E-state index contributed by atoms with van der Waals surface area (Å²) < 4.78 is 0. The van der Waals surface area contributed by atoms with Crippen molar-refractivity contribution < 1.29 is 9.59 Å². The monoisotopic (exact) mass is 302 g/mol. The van der Waals surface area contributed by atoms with Gasteiger partial charge in [-0.05, 0) is 25.3 Å². The second-order valence-electron chi connectivity index (χ2n) is 6.16. The smallest absolute Gasteiger partial charge is 0.242 e. The number of hydrogen-bond acceptors (Lipinski definition) is 2. The number of nitrogens with zero attached hydrogens (tertiary/aromatic N) is 2. The normalized spacial score (nSPS) is 15.3. The molecule has 1 heterocycles. The molecule has 0 aromatic heterocycles. The average Bonchev–Trinajstić information content (AvgIpc) is 2.77. The summed E-state index contributed by atoms with van der Waals surface area (Å²) in [7, 11) is 0. The summed E-state index contributed by atoms with van der Waals surface area (Å²) in [5, 5.41) is 0. The third-order valence-corrected chi connectivity index (χ3v) is 4.22. The summed E-state index contributed by atoms with van der Waals surface area (Å²) in [5.74, 6) is 0.0213. The van der Waals surface area contributed by atoms with Crippen LogP contribution >= 0.6 is 0 Å². The molecule has 0 aliphatic carbocycles. The fraction of sp³-hybridized carbons (Fsp3) is 0.556. The van der Waals surface area contributed by atoms with E-state index in [1.54, 1.807) is 4.90 Å². The average molecular weight is 302 g/mol. The third-order valence-electron chi connectivity index (χ3n) is 4.22. The molecule has 2 amide bonds. The van der Waals surface area contributed by atoms with Gasteiger partial charge in [-0.3, -0.25) is 9.59 Å². The highest BCUT2D eigenvalue weighted by molar-refractivity contribution is 5.83. The molecule has 1 fully saturated rings. The van der Waals surface area contributed by atoms with Gasteiger partial charge in [0.05, 0.1) is 0 Å². The lowest BCUT2D eigenvalue weighted by Gasteiger charge is -2.26. The van der Waals surface area contributed by atoms with Crippen molar-refractivity contribution in [1.82, 2.24) is 9.80 Å². The SMILES string of the molecule is CC(=O)N(CC(=O)N1CCCCCC1)Cc1ccc(C)cc1. The van der Waals surface area contributed by atoms with Gasteiger partial charge in [-0.2, -0.15) is 0 Å². The van der Waals surface area contributed by atoms with Crippen molar-refractivity contribution in [2.24, 2.45) is 0 Å².